The highest BCUT2D eigenvalue weighted by Gasteiger charge is 2.16. The maximum Gasteiger partial charge on any atom is 0.110 e. The van der Waals surface area contributed by atoms with Crippen LogP contribution in [-0.4, -0.2) is 24.2 Å². The summed E-state index contributed by atoms with van der Waals surface area (Å²) in [5, 5.41) is 3.76. The van der Waals surface area contributed by atoms with Crippen LogP contribution in [0.4, 0.5) is 0 Å². The summed E-state index contributed by atoms with van der Waals surface area (Å²) < 4.78 is 0. The Morgan fingerprint density at radius 1 is 1.31 bits per heavy atom. The summed E-state index contributed by atoms with van der Waals surface area (Å²) in [4.78, 5) is 5.87. The summed E-state index contributed by atoms with van der Waals surface area (Å²) in [6, 6.07) is 6.46. The number of aryl methyl sites for hydroxylation is 2. The molecule has 0 aliphatic carbocycles. The third-order valence-corrected chi connectivity index (χ3v) is 4.24. The molecule has 0 spiro atoms. The first-order valence-electron chi connectivity index (χ1n) is 5.69. The molecule has 0 unspecified atom stereocenters. The Morgan fingerprint density at radius 2 is 2.00 bits per heavy atom. The fourth-order valence-corrected chi connectivity index (χ4v) is 3.04. The molecule has 2 nitrogen and oxygen atoms in total. The molecule has 0 bridgehead atoms. The van der Waals surface area contributed by atoms with Crippen molar-refractivity contribution < 1.29 is 0 Å². The second kappa shape index (κ2) is 4.91. The van der Waals surface area contributed by atoms with Crippen molar-refractivity contribution in [2.75, 3.05) is 13.1 Å². The molecule has 0 aromatic heterocycles. The van der Waals surface area contributed by atoms with Gasteiger partial charge in [0.05, 0.1) is 11.8 Å². The van der Waals surface area contributed by atoms with E-state index in [4.69, 9.17) is 0 Å². The number of hydrogen-bond donors (Lipinski definition) is 1. The van der Waals surface area contributed by atoms with Crippen LogP contribution in [0.2, 0.25) is 0 Å². The SMILES string of the molecule is Cc1cccc(C)c1S[C@@H](C)C1=NCCN1. The van der Waals surface area contributed by atoms with Gasteiger partial charge in [-0.2, -0.15) is 0 Å². The lowest BCUT2D eigenvalue weighted by atomic mass is 10.2. The first-order chi connectivity index (χ1) is 7.68. The van der Waals surface area contributed by atoms with E-state index in [9.17, 15) is 0 Å². The zero-order valence-electron chi connectivity index (χ0n) is 10.1. The Labute approximate surface area is 102 Å². The van der Waals surface area contributed by atoms with Crippen molar-refractivity contribution in [1.29, 1.82) is 0 Å². The minimum atomic E-state index is 0.419. The summed E-state index contributed by atoms with van der Waals surface area (Å²) in [5.41, 5.74) is 2.71. The summed E-state index contributed by atoms with van der Waals surface area (Å²) in [7, 11) is 0. The number of benzene rings is 1. The van der Waals surface area contributed by atoms with Gasteiger partial charge < -0.3 is 5.32 Å². The number of aliphatic imine (C=N–C) groups is 1. The highest BCUT2D eigenvalue weighted by Crippen LogP contribution is 2.30. The number of nitrogens with zero attached hydrogens (tertiary/aromatic N) is 1. The van der Waals surface area contributed by atoms with E-state index in [-0.39, 0.29) is 0 Å². The van der Waals surface area contributed by atoms with Crippen LogP contribution in [0.25, 0.3) is 0 Å². The molecular weight excluding hydrogens is 216 g/mol. The van der Waals surface area contributed by atoms with Crippen molar-refractivity contribution in [3.63, 3.8) is 0 Å². The predicted molar refractivity (Wildman–Crippen MR) is 71.5 cm³/mol. The van der Waals surface area contributed by atoms with E-state index in [1.807, 2.05) is 11.8 Å². The maximum absolute atomic E-state index is 4.48. The summed E-state index contributed by atoms with van der Waals surface area (Å²) >= 11 is 1.90. The van der Waals surface area contributed by atoms with Crippen molar-refractivity contribution in [2.24, 2.45) is 4.99 Å². The van der Waals surface area contributed by atoms with Crippen molar-refractivity contribution in [3.05, 3.63) is 29.3 Å². The van der Waals surface area contributed by atoms with Gasteiger partial charge in [-0.3, -0.25) is 4.99 Å². The highest BCUT2D eigenvalue weighted by molar-refractivity contribution is 8.00. The van der Waals surface area contributed by atoms with Crippen molar-refractivity contribution in [1.82, 2.24) is 5.32 Å². The average molecular weight is 234 g/mol. The zero-order valence-corrected chi connectivity index (χ0v) is 10.9. The third kappa shape index (κ3) is 2.40. The van der Waals surface area contributed by atoms with Crippen LogP contribution in [-0.2, 0) is 0 Å². The Balaban J connectivity index is 2.14. The fraction of sp³-hybridized carbons (Fsp3) is 0.462. The highest BCUT2D eigenvalue weighted by atomic mass is 32.2. The molecule has 1 aromatic carbocycles. The minimum absolute atomic E-state index is 0.419. The van der Waals surface area contributed by atoms with Gasteiger partial charge in [-0.1, -0.05) is 18.2 Å². The lowest BCUT2D eigenvalue weighted by Gasteiger charge is -2.15. The molecule has 0 saturated heterocycles. The van der Waals surface area contributed by atoms with Crippen LogP contribution in [0.5, 0.6) is 0 Å². The average Bonchev–Trinajstić information content (AvgIpc) is 2.76. The van der Waals surface area contributed by atoms with E-state index in [0.717, 1.165) is 18.9 Å². The first-order valence-corrected chi connectivity index (χ1v) is 6.57. The Hall–Kier alpha value is -0.960. The number of hydrogen-bond acceptors (Lipinski definition) is 3. The van der Waals surface area contributed by atoms with Crippen molar-refractivity contribution in [3.8, 4) is 0 Å². The molecule has 1 heterocycles. The molecule has 0 saturated carbocycles. The molecule has 1 N–H and O–H groups in total. The summed E-state index contributed by atoms with van der Waals surface area (Å²) in [6.45, 7) is 8.48. The topological polar surface area (TPSA) is 24.4 Å². The van der Waals surface area contributed by atoms with Crippen LogP contribution in [0.1, 0.15) is 18.1 Å². The third-order valence-electron chi connectivity index (χ3n) is 2.79. The molecule has 1 atom stereocenters. The van der Waals surface area contributed by atoms with E-state index in [1.54, 1.807) is 0 Å². The zero-order chi connectivity index (χ0) is 11.5. The van der Waals surface area contributed by atoms with E-state index in [1.165, 1.54) is 16.0 Å². The first kappa shape index (κ1) is 11.5. The van der Waals surface area contributed by atoms with Gasteiger partial charge in [0.15, 0.2) is 0 Å². The van der Waals surface area contributed by atoms with Gasteiger partial charge in [0.1, 0.15) is 5.84 Å². The molecule has 0 amide bonds. The molecule has 0 radical (unpaired) electrons. The second-order valence-corrected chi connectivity index (χ2v) is 5.53. The van der Waals surface area contributed by atoms with Gasteiger partial charge in [-0.05, 0) is 31.9 Å². The largest absolute Gasteiger partial charge is 0.371 e. The number of amidine groups is 1. The lowest BCUT2D eigenvalue weighted by Crippen LogP contribution is -2.27. The van der Waals surface area contributed by atoms with Crippen LogP contribution in [0, 0.1) is 13.8 Å². The van der Waals surface area contributed by atoms with E-state index < -0.39 is 0 Å². The second-order valence-electron chi connectivity index (χ2n) is 4.17. The Bertz CT molecular complexity index is 392. The standard InChI is InChI=1S/C13H18N2S/c1-9-5-4-6-10(2)12(9)16-11(3)13-14-7-8-15-13/h4-6,11H,7-8H2,1-3H3,(H,14,15)/t11-/m0/s1. The molecule has 2 rings (SSSR count). The van der Waals surface area contributed by atoms with E-state index >= 15 is 0 Å². The van der Waals surface area contributed by atoms with Crippen LogP contribution in [0.15, 0.2) is 28.1 Å². The molecular formula is C13H18N2S. The van der Waals surface area contributed by atoms with Crippen LogP contribution in [0.3, 0.4) is 0 Å². The minimum Gasteiger partial charge on any atom is -0.371 e. The van der Waals surface area contributed by atoms with E-state index in [2.05, 4.69) is 49.3 Å². The fourth-order valence-electron chi connectivity index (χ4n) is 1.91. The van der Waals surface area contributed by atoms with Gasteiger partial charge in [0.2, 0.25) is 0 Å². The normalized spacial score (nSPS) is 16.8. The molecule has 1 aromatic rings. The van der Waals surface area contributed by atoms with Gasteiger partial charge in [-0.15, -0.1) is 11.8 Å². The van der Waals surface area contributed by atoms with Gasteiger partial charge in [0, 0.05) is 11.4 Å². The molecule has 0 fully saturated rings. The summed E-state index contributed by atoms with van der Waals surface area (Å²) in [5.74, 6) is 1.15. The number of rotatable bonds is 3. The summed E-state index contributed by atoms with van der Waals surface area (Å²) in [6.07, 6.45) is 0. The molecule has 86 valence electrons. The molecule has 3 heteroatoms. The molecule has 16 heavy (non-hydrogen) atoms. The quantitative estimate of drug-likeness (QED) is 0.813. The molecule has 1 aliphatic rings. The lowest BCUT2D eigenvalue weighted by molar-refractivity contribution is 0.952. The number of nitrogens with one attached hydrogen (secondary N) is 1. The van der Waals surface area contributed by atoms with Crippen LogP contribution >= 0.6 is 11.8 Å². The Morgan fingerprint density at radius 3 is 2.56 bits per heavy atom. The number of thioether (sulfide) groups is 1. The van der Waals surface area contributed by atoms with Crippen molar-refractivity contribution in [2.45, 2.75) is 30.9 Å². The van der Waals surface area contributed by atoms with Gasteiger partial charge in [0.25, 0.3) is 0 Å². The predicted octanol–water partition coefficient (Wildman–Crippen LogP) is 2.79. The maximum atomic E-state index is 4.48. The van der Waals surface area contributed by atoms with Crippen LogP contribution < -0.4 is 5.32 Å². The molecule has 1 aliphatic heterocycles. The smallest absolute Gasteiger partial charge is 0.110 e. The van der Waals surface area contributed by atoms with Crippen molar-refractivity contribution >= 4 is 17.6 Å². The van der Waals surface area contributed by atoms with Gasteiger partial charge in [-0.25, -0.2) is 0 Å². The monoisotopic (exact) mass is 234 g/mol. The Kier molecular flexibility index (Phi) is 3.54. The van der Waals surface area contributed by atoms with Gasteiger partial charge >= 0.3 is 0 Å². The van der Waals surface area contributed by atoms with E-state index in [0.29, 0.717) is 5.25 Å².